The van der Waals surface area contributed by atoms with Crippen molar-refractivity contribution in [1.82, 2.24) is 4.90 Å². The number of alkyl halides is 6. The second-order valence-electron chi connectivity index (χ2n) is 9.34. The molecule has 1 fully saturated rings. The van der Waals surface area contributed by atoms with Crippen molar-refractivity contribution in [3.8, 4) is 0 Å². The SMILES string of the molecule is O=C(O)C[C@@H]1CCN([C@H](CCc2cccc(F)c2)CCC(F)(F)F)[C@H](c2ccc(C(F)(F)F)cc2)C1. The Hall–Kier alpha value is -2.62. The molecule has 0 radical (unpaired) electrons. The van der Waals surface area contributed by atoms with Crippen LogP contribution in [0.2, 0.25) is 0 Å². The third kappa shape index (κ3) is 8.21. The number of nitrogens with zero attached hydrogens (tertiary/aromatic N) is 1. The maximum Gasteiger partial charge on any atom is 0.416 e. The van der Waals surface area contributed by atoms with Gasteiger partial charge in [0.05, 0.1) is 5.56 Å². The molecule has 0 spiro atoms. The van der Waals surface area contributed by atoms with Crippen molar-refractivity contribution in [2.75, 3.05) is 6.54 Å². The van der Waals surface area contributed by atoms with Gasteiger partial charge in [-0.05, 0) is 80.0 Å². The number of rotatable bonds is 9. The average Bonchev–Trinajstić information content (AvgIpc) is 2.78. The molecule has 0 aromatic heterocycles. The number of hydrogen-bond donors (Lipinski definition) is 1. The molecule has 0 amide bonds. The summed E-state index contributed by atoms with van der Waals surface area (Å²) in [6, 6.07) is 9.22. The number of aryl methyl sites for hydroxylation is 1. The molecular weight excluding hydrogens is 491 g/mol. The first-order valence-electron chi connectivity index (χ1n) is 11.8. The number of carboxylic acid groups (broad SMARTS) is 1. The first-order chi connectivity index (χ1) is 16.8. The van der Waals surface area contributed by atoms with Crippen LogP contribution < -0.4 is 0 Å². The first-order valence-corrected chi connectivity index (χ1v) is 11.8. The minimum absolute atomic E-state index is 0.124. The second-order valence-corrected chi connectivity index (χ2v) is 9.34. The quantitative estimate of drug-likeness (QED) is 0.351. The highest BCUT2D eigenvalue weighted by atomic mass is 19.4. The van der Waals surface area contributed by atoms with Crippen LogP contribution >= 0.6 is 0 Å². The number of benzene rings is 2. The Morgan fingerprint density at radius 1 is 1.03 bits per heavy atom. The standard InChI is InChI=1S/C26H28F7NO2/c27-21-3-1-2-17(14-21)4-9-22(10-12-25(28,29)30)34-13-11-18(16-24(35)36)15-23(34)19-5-7-20(8-6-19)26(31,32)33/h1-3,5-8,14,18,22-23H,4,9-13,15-16H2,(H,35,36)/t18-,22-,23+/m1/s1. The molecule has 1 aliphatic heterocycles. The average molecular weight is 520 g/mol. The van der Waals surface area contributed by atoms with Crippen LogP contribution in [0, 0.1) is 11.7 Å². The van der Waals surface area contributed by atoms with Gasteiger partial charge in [0.15, 0.2) is 0 Å². The van der Waals surface area contributed by atoms with Crippen LogP contribution in [0.25, 0.3) is 0 Å². The van der Waals surface area contributed by atoms with Gasteiger partial charge in [-0.25, -0.2) is 4.39 Å². The van der Waals surface area contributed by atoms with Crippen molar-refractivity contribution in [2.45, 2.75) is 69.4 Å². The van der Waals surface area contributed by atoms with Gasteiger partial charge in [-0.2, -0.15) is 26.3 Å². The third-order valence-corrected chi connectivity index (χ3v) is 6.72. The van der Waals surface area contributed by atoms with Gasteiger partial charge in [-0.1, -0.05) is 24.3 Å². The third-order valence-electron chi connectivity index (χ3n) is 6.72. The molecule has 0 saturated carbocycles. The molecule has 1 aliphatic rings. The van der Waals surface area contributed by atoms with Crippen molar-refractivity contribution >= 4 is 5.97 Å². The van der Waals surface area contributed by atoms with E-state index in [0.29, 0.717) is 43.4 Å². The van der Waals surface area contributed by atoms with Crippen LogP contribution in [0.4, 0.5) is 30.7 Å². The van der Waals surface area contributed by atoms with E-state index in [-0.39, 0.29) is 18.8 Å². The van der Waals surface area contributed by atoms with E-state index in [4.69, 9.17) is 0 Å². The molecule has 3 atom stereocenters. The van der Waals surface area contributed by atoms with Crippen LogP contribution in [-0.2, 0) is 17.4 Å². The molecule has 10 heteroatoms. The lowest BCUT2D eigenvalue weighted by atomic mass is 9.83. The first kappa shape index (κ1) is 28.0. The Bertz CT molecular complexity index is 1000. The van der Waals surface area contributed by atoms with Crippen LogP contribution in [0.5, 0.6) is 0 Å². The molecular formula is C26H28F7NO2. The van der Waals surface area contributed by atoms with Gasteiger partial charge in [0.2, 0.25) is 0 Å². The van der Waals surface area contributed by atoms with Crippen molar-refractivity contribution in [2.24, 2.45) is 5.92 Å². The molecule has 198 valence electrons. The van der Waals surface area contributed by atoms with Crippen LogP contribution in [-0.4, -0.2) is 34.7 Å². The van der Waals surface area contributed by atoms with Gasteiger partial charge in [0.25, 0.3) is 0 Å². The Labute approximate surface area is 204 Å². The van der Waals surface area contributed by atoms with E-state index in [0.717, 1.165) is 12.1 Å². The number of likely N-dealkylation sites (tertiary alicyclic amines) is 1. The molecule has 0 aliphatic carbocycles. The molecule has 1 heterocycles. The molecule has 0 bridgehead atoms. The van der Waals surface area contributed by atoms with Crippen molar-refractivity contribution in [3.63, 3.8) is 0 Å². The Morgan fingerprint density at radius 3 is 2.31 bits per heavy atom. The normalized spacial score (nSPS) is 20.3. The lowest BCUT2D eigenvalue weighted by Gasteiger charge is -2.44. The maximum absolute atomic E-state index is 13.6. The van der Waals surface area contributed by atoms with E-state index in [1.54, 1.807) is 6.07 Å². The highest BCUT2D eigenvalue weighted by molar-refractivity contribution is 5.67. The Kier molecular flexibility index (Phi) is 9.03. The lowest BCUT2D eigenvalue weighted by molar-refractivity contribution is -0.141. The zero-order valence-corrected chi connectivity index (χ0v) is 19.5. The fourth-order valence-electron chi connectivity index (χ4n) is 4.98. The summed E-state index contributed by atoms with van der Waals surface area (Å²) in [5, 5.41) is 9.24. The number of aliphatic carboxylic acids is 1. The zero-order valence-electron chi connectivity index (χ0n) is 19.5. The van der Waals surface area contributed by atoms with E-state index in [1.807, 2.05) is 4.90 Å². The van der Waals surface area contributed by atoms with E-state index in [2.05, 4.69) is 0 Å². The van der Waals surface area contributed by atoms with Gasteiger partial charge >= 0.3 is 18.3 Å². The van der Waals surface area contributed by atoms with Gasteiger partial charge in [0, 0.05) is 24.9 Å². The summed E-state index contributed by atoms with van der Waals surface area (Å²) in [7, 11) is 0. The molecule has 2 aromatic rings. The fraction of sp³-hybridized carbons (Fsp3) is 0.500. The Morgan fingerprint density at radius 2 is 1.72 bits per heavy atom. The minimum atomic E-state index is -4.53. The molecule has 3 nitrogen and oxygen atoms in total. The van der Waals surface area contributed by atoms with Crippen molar-refractivity contribution in [1.29, 1.82) is 0 Å². The second kappa shape index (κ2) is 11.6. The van der Waals surface area contributed by atoms with Crippen molar-refractivity contribution in [3.05, 3.63) is 71.0 Å². The summed E-state index contributed by atoms with van der Waals surface area (Å²) in [5.41, 5.74) is 0.301. The van der Waals surface area contributed by atoms with Gasteiger partial charge < -0.3 is 5.11 Å². The van der Waals surface area contributed by atoms with E-state index in [1.165, 1.54) is 30.3 Å². The minimum Gasteiger partial charge on any atom is -0.481 e. The van der Waals surface area contributed by atoms with Crippen LogP contribution in [0.1, 0.15) is 61.3 Å². The number of carbonyl (C=O) groups is 1. The monoisotopic (exact) mass is 519 g/mol. The van der Waals surface area contributed by atoms with E-state index >= 15 is 0 Å². The molecule has 3 rings (SSSR count). The summed E-state index contributed by atoms with van der Waals surface area (Å²) in [6.45, 7) is 0.315. The zero-order chi connectivity index (χ0) is 26.5. The number of hydrogen-bond acceptors (Lipinski definition) is 2. The number of halogens is 7. The smallest absolute Gasteiger partial charge is 0.416 e. The van der Waals surface area contributed by atoms with Crippen LogP contribution in [0.3, 0.4) is 0 Å². The summed E-state index contributed by atoms with van der Waals surface area (Å²) in [5.74, 6) is -1.70. The van der Waals surface area contributed by atoms with Crippen molar-refractivity contribution < 1.29 is 40.6 Å². The van der Waals surface area contributed by atoms with E-state index < -0.39 is 48.2 Å². The summed E-state index contributed by atoms with van der Waals surface area (Å²) >= 11 is 0. The predicted octanol–water partition coefficient (Wildman–Crippen LogP) is 7.42. The molecule has 1 saturated heterocycles. The van der Waals surface area contributed by atoms with Crippen LogP contribution in [0.15, 0.2) is 48.5 Å². The predicted molar refractivity (Wildman–Crippen MR) is 120 cm³/mol. The summed E-state index contributed by atoms with van der Waals surface area (Å²) < 4.78 is 92.2. The topological polar surface area (TPSA) is 40.5 Å². The molecule has 1 N–H and O–H groups in total. The van der Waals surface area contributed by atoms with Gasteiger partial charge in [-0.3, -0.25) is 9.69 Å². The largest absolute Gasteiger partial charge is 0.481 e. The highest BCUT2D eigenvalue weighted by Crippen LogP contribution is 2.40. The van der Waals surface area contributed by atoms with Gasteiger partial charge in [-0.15, -0.1) is 0 Å². The summed E-state index contributed by atoms with van der Waals surface area (Å²) in [4.78, 5) is 13.2. The van der Waals surface area contributed by atoms with Gasteiger partial charge in [0.1, 0.15) is 5.82 Å². The number of piperidine rings is 1. The highest BCUT2D eigenvalue weighted by Gasteiger charge is 2.37. The summed E-state index contributed by atoms with van der Waals surface area (Å²) in [6.07, 6.45) is -8.92. The maximum atomic E-state index is 13.6. The number of carboxylic acids is 1. The lowest BCUT2D eigenvalue weighted by Crippen LogP contribution is -2.44. The fourth-order valence-corrected chi connectivity index (χ4v) is 4.98. The molecule has 0 unspecified atom stereocenters. The van der Waals surface area contributed by atoms with E-state index in [9.17, 15) is 40.6 Å². The Balaban J connectivity index is 1.89. The molecule has 2 aromatic carbocycles. The molecule has 36 heavy (non-hydrogen) atoms.